The molecule has 168 valence electrons. The van der Waals surface area contributed by atoms with Gasteiger partial charge in [0, 0.05) is 16.4 Å². The molecule has 0 spiro atoms. The summed E-state index contributed by atoms with van der Waals surface area (Å²) in [6.45, 7) is 4.22. The molecule has 0 saturated carbocycles. The Morgan fingerprint density at radius 3 is 2.52 bits per heavy atom. The molecule has 0 bridgehead atoms. The van der Waals surface area contributed by atoms with Gasteiger partial charge in [-0.1, -0.05) is 71.9 Å². The number of fused-ring (bicyclic) bond motifs is 1. The van der Waals surface area contributed by atoms with E-state index in [1.54, 1.807) is 11.3 Å². The Morgan fingerprint density at radius 1 is 1.09 bits per heavy atom. The van der Waals surface area contributed by atoms with E-state index in [1.807, 2.05) is 48.7 Å². The van der Waals surface area contributed by atoms with E-state index in [1.165, 1.54) is 22.9 Å². The van der Waals surface area contributed by atoms with Gasteiger partial charge in [-0.15, -0.1) is 11.3 Å². The number of carbonyl (C=O) groups is 1. The van der Waals surface area contributed by atoms with Crippen molar-refractivity contribution >= 4 is 72.7 Å². The number of hydrogen-bond acceptors (Lipinski definition) is 5. The predicted octanol–water partition coefficient (Wildman–Crippen LogP) is 7.67. The lowest BCUT2D eigenvalue weighted by Gasteiger charge is -2.14. The number of aryl methyl sites for hydroxylation is 2. The number of aromatic nitrogens is 1. The van der Waals surface area contributed by atoms with Crippen molar-refractivity contribution in [2.45, 2.75) is 31.0 Å². The second-order valence-electron chi connectivity index (χ2n) is 7.44. The van der Waals surface area contributed by atoms with Gasteiger partial charge in [-0.05, 0) is 59.9 Å². The number of thioether (sulfide) groups is 1. The van der Waals surface area contributed by atoms with E-state index in [0.717, 1.165) is 48.8 Å². The number of aliphatic imine (C=N–C) groups is 1. The third-order valence-corrected chi connectivity index (χ3v) is 7.86. The number of thiazole rings is 1. The van der Waals surface area contributed by atoms with E-state index in [-0.39, 0.29) is 5.91 Å². The standard InChI is InChI=1S/C26H24BrN3OS2/c1-3-18-6-5-7-19(4-2)25(18)30-24(31)16-32-26-29-22-13-12-21(14-23(22)33-26)28-15-17-8-10-20(27)11-9-17/h5-15H,3-4,16H2,1-2H3,(H,30,31). The molecule has 0 unspecified atom stereocenters. The van der Waals surface area contributed by atoms with Crippen LogP contribution in [0.5, 0.6) is 0 Å². The Labute approximate surface area is 210 Å². The smallest absolute Gasteiger partial charge is 0.234 e. The number of benzene rings is 3. The Hall–Kier alpha value is -2.48. The second-order valence-corrected chi connectivity index (χ2v) is 10.6. The molecule has 4 rings (SSSR count). The molecule has 0 fully saturated rings. The highest BCUT2D eigenvalue weighted by atomic mass is 79.9. The highest BCUT2D eigenvalue weighted by Crippen LogP contribution is 2.32. The topological polar surface area (TPSA) is 54.4 Å². The van der Waals surface area contributed by atoms with Crippen molar-refractivity contribution in [3.8, 4) is 0 Å². The third kappa shape index (κ3) is 6.10. The summed E-state index contributed by atoms with van der Waals surface area (Å²) in [5.74, 6) is 0.324. The molecule has 4 aromatic rings. The minimum Gasteiger partial charge on any atom is -0.325 e. The molecule has 0 atom stereocenters. The van der Waals surface area contributed by atoms with Crippen LogP contribution in [0.15, 0.2) is 74.5 Å². The van der Waals surface area contributed by atoms with Crippen molar-refractivity contribution in [1.29, 1.82) is 0 Å². The molecule has 1 heterocycles. The summed E-state index contributed by atoms with van der Waals surface area (Å²) in [6.07, 6.45) is 3.63. The maximum atomic E-state index is 12.7. The van der Waals surface area contributed by atoms with Crippen molar-refractivity contribution in [2.24, 2.45) is 4.99 Å². The van der Waals surface area contributed by atoms with Crippen molar-refractivity contribution in [3.05, 3.63) is 81.8 Å². The molecular weight excluding hydrogens is 514 g/mol. The first-order chi connectivity index (χ1) is 16.1. The number of hydrogen-bond donors (Lipinski definition) is 1. The average molecular weight is 539 g/mol. The van der Waals surface area contributed by atoms with Gasteiger partial charge < -0.3 is 5.32 Å². The van der Waals surface area contributed by atoms with E-state index in [4.69, 9.17) is 0 Å². The molecule has 3 aromatic carbocycles. The molecule has 0 saturated heterocycles. The summed E-state index contributed by atoms with van der Waals surface area (Å²) in [6, 6.07) is 20.2. The summed E-state index contributed by atoms with van der Waals surface area (Å²) in [5, 5.41) is 3.12. The number of nitrogens with one attached hydrogen (secondary N) is 1. The normalized spacial score (nSPS) is 11.4. The number of nitrogens with zero attached hydrogens (tertiary/aromatic N) is 2. The Morgan fingerprint density at radius 2 is 1.82 bits per heavy atom. The first kappa shape index (κ1) is 23.7. The van der Waals surface area contributed by atoms with Crippen LogP contribution in [0.4, 0.5) is 11.4 Å². The number of amides is 1. The first-order valence-corrected chi connectivity index (χ1v) is 13.4. The molecule has 1 amide bonds. The maximum Gasteiger partial charge on any atom is 0.234 e. The predicted molar refractivity (Wildman–Crippen MR) is 146 cm³/mol. The van der Waals surface area contributed by atoms with Crippen LogP contribution in [0.3, 0.4) is 0 Å². The van der Waals surface area contributed by atoms with Gasteiger partial charge >= 0.3 is 0 Å². The molecule has 7 heteroatoms. The van der Waals surface area contributed by atoms with Crippen LogP contribution in [0.2, 0.25) is 0 Å². The lowest BCUT2D eigenvalue weighted by Crippen LogP contribution is -2.16. The molecule has 0 aliphatic heterocycles. The number of anilines is 1. The number of para-hydroxylation sites is 1. The van der Waals surface area contributed by atoms with Crippen molar-refractivity contribution in [3.63, 3.8) is 0 Å². The first-order valence-electron chi connectivity index (χ1n) is 10.8. The second kappa shape index (κ2) is 11.1. The largest absolute Gasteiger partial charge is 0.325 e. The van der Waals surface area contributed by atoms with E-state index >= 15 is 0 Å². The molecule has 0 aliphatic rings. The monoisotopic (exact) mass is 537 g/mol. The van der Waals surface area contributed by atoms with Crippen molar-refractivity contribution < 1.29 is 4.79 Å². The molecule has 4 nitrogen and oxygen atoms in total. The van der Waals surface area contributed by atoms with E-state index in [2.05, 4.69) is 63.3 Å². The molecular formula is C26H24BrN3OS2. The Balaban J connectivity index is 1.41. The fourth-order valence-corrected chi connectivity index (χ4v) is 5.60. The zero-order valence-electron chi connectivity index (χ0n) is 18.5. The summed E-state index contributed by atoms with van der Waals surface area (Å²) in [5.41, 5.74) is 6.15. The molecule has 0 radical (unpaired) electrons. The summed E-state index contributed by atoms with van der Waals surface area (Å²) >= 11 is 6.51. The van der Waals surface area contributed by atoms with Crippen LogP contribution in [-0.4, -0.2) is 22.9 Å². The fourth-order valence-electron chi connectivity index (χ4n) is 3.44. The van der Waals surface area contributed by atoms with Crippen LogP contribution in [0, 0.1) is 0 Å². The van der Waals surface area contributed by atoms with Gasteiger partial charge in [0.1, 0.15) is 0 Å². The molecule has 33 heavy (non-hydrogen) atoms. The van der Waals surface area contributed by atoms with E-state index in [0.29, 0.717) is 5.75 Å². The minimum atomic E-state index is -0.00496. The maximum absolute atomic E-state index is 12.7. The molecule has 1 N–H and O–H groups in total. The number of rotatable bonds is 8. The van der Waals surface area contributed by atoms with Crippen LogP contribution in [-0.2, 0) is 17.6 Å². The van der Waals surface area contributed by atoms with Crippen molar-refractivity contribution in [2.75, 3.05) is 11.1 Å². The van der Waals surface area contributed by atoms with Gasteiger partial charge in [0.2, 0.25) is 5.91 Å². The summed E-state index contributed by atoms with van der Waals surface area (Å²) < 4.78 is 2.99. The average Bonchev–Trinajstić information content (AvgIpc) is 3.25. The summed E-state index contributed by atoms with van der Waals surface area (Å²) in [4.78, 5) is 21.9. The number of carbonyl (C=O) groups excluding carboxylic acids is 1. The van der Waals surface area contributed by atoms with Gasteiger partial charge in [0.05, 0.1) is 21.7 Å². The number of halogens is 1. The fraction of sp³-hybridized carbons (Fsp3) is 0.192. The van der Waals surface area contributed by atoms with Crippen LogP contribution >= 0.6 is 39.0 Å². The van der Waals surface area contributed by atoms with E-state index < -0.39 is 0 Å². The zero-order valence-corrected chi connectivity index (χ0v) is 21.7. The van der Waals surface area contributed by atoms with Gasteiger partial charge in [0.15, 0.2) is 4.34 Å². The minimum absolute atomic E-state index is 0.00496. The highest BCUT2D eigenvalue weighted by molar-refractivity contribution is 9.10. The SMILES string of the molecule is CCc1cccc(CC)c1NC(=O)CSc1nc2ccc(N=Cc3ccc(Br)cc3)cc2s1. The van der Waals surface area contributed by atoms with Gasteiger partial charge in [-0.25, -0.2) is 4.98 Å². The Kier molecular flexibility index (Phi) is 7.96. The van der Waals surface area contributed by atoms with Gasteiger partial charge in [0.25, 0.3) is 0 Å². The van der Waals surface area contributed by atoms with Crippen LogP contribution in [0.1, 0.15) is 30.5 Å². The van der Waals surface area contributed by atoms with Crippen LogP contribution < -0.4 is 5.32 Å². The molecule has 0 aliphatic carbocycles. The van der Waals surface area contributed by atoms with Gasteiger partial charge in [-0.3, -0.25) is 9.79 Å². The lowest BCUT2D eigenvalue weighted by atomic mass is 10.0. The van der Waals surface area contributed by atoms with Gasteiger partial charge in [-0.2, -0.15) is 0 Å². The van der Waals surface area contributed by atoms with E-state index in [9.17, 15) is 4.79 Å². The third-order valence-electron chi connectivity index (χ3n) is 5.18. The van der Waals surface area contributed by atoms with Crippen molar-refractivity contribution in [1.82, 2.24) is 4.98 Å². The molecule has 1 aromatic heterocycles. The highest BCUT2D eigenvalue weighted by Gasteiger charge is 2.12. The quantitative estimate of drug-likeness (QED) is 0.185. The van der Waals surface area contributed by atoms with Crippen LogP contribution in [0.25, 0.3) is 10.2 Å². The Bertz CT molecular complexity index is 1280. The zero-order chi connectivity index (χ0) is 23.2. The lowest BCUT2D eigenvalue weighted by molar-refractivity contribution is -0.113. The summed E-state index contributed by atoms with van der Waals surface area (Å²) in [7, 11) is 0.